The van der Waals surface area contributed by atoms with Crippen LogP contribution in [-0.2, 0) is 6.54 Å². The number of primary amides is 1. The molecule has 1 heterocycles. The summed E-state index contributed by atoms with van der Waals surface area (Å²) in [4.78, 5) is 25.1. The normalized spacial score (nSPS) is 10.8. The number of nitrogens with zero attached hydrogens (tertiary/aromatic N) is 1. The molecule has 0 aliphatic rings. The van der Waals surface area contributed by atoms with Crippen molar-refractivity contribution in [3.63, 3.8) is 0 Å². The quantitative estimate of drug-likeness (QED) is 0.801. The van der Waals surface area contributed by atoms with E-state index in [-0.39, 0.29) is 11.5 Å². The minimum absolute atomic E-state index is 0.0695. The van der Waals surface area contributed by atoms with Crippen LogP contribution >= 0.6 is 0 Å². The van der Waals surface area contributed by atoms with Gasteiger partial charge in [0, 0.05) is 24.5 Å². The number of carbonyl (C=O) groups excluding carboxylic acids is 2. The summed E-state index contributed by atoms with van der Waals surface area (Å²) in [5.74, 6) is -1.28. The fraction of sp³-hybridized carbons (Fsp3) is 0.111. The Labute approximate surface area is 137 Å². The first-order valence-electron chi connectivity index (χ1n) is 7.27. The van der Waals surface area contributed by atoms with Crippen molar-refractivity contribution in [3.05, 3.63) is 71.2 Å². The van der Waals surface area contributed by atoms with Gasteiger partial charge in [0.15, 0.2) is 11.4 Å². The minimum Gasteiger partial charge on any atom is -0.460 e. The second-order valence-electron chi connectivity index (χ2n) is 5.49. The number of fused-ring (bicyclic) bond motifs is 1. The molecule has 2 N–H and O–H groups in total. The molecule has 3 rings (SSSR count). The number of amides is 2. The molecule has 0 atom stereocenters. The zero-order valence-corrected chi connectivity index (χ0v) is 13.0. The number of hydrogen-bond acceptors (Lipinski definition) is 3. The van der Waals surface area contributed by atoms with Gasteiger partial charge in [0.25, 0.3) is 5.91 Å². The van der Waals surface area contributed by atoms with E-state index in [2.05, 4.69) is 0 Å². The molecule has 0 spiro atoms. The zero-order chi connectivity index (χ0) is 17.3. The third kappa shape index (κ3) is 2.86. The van der Waals surface area contributed by atoms with Gasteiger partial charge in [-0.05, 0) is 23.8 Å². The van der Waals surface area contributed by atoms with E-state index >= 15 is 0 Å². The van der Waals surface area contributed by atoms with Crippen molar-refractivity contribution in [2.24, 2.45) is 5.73 Å². The predicted octanol–water partition coefficient (Wildman–Crippen LogP) is 2.94. The molecule has 6 heteroatoms. The van der Waals surface area contributed by atoms with Crippen LogP contribution in [0.5, 0.6) is 0 Å². The Morgan fingerprint density at radius 3 is 2.54 bits per heavy atom. The third-order valence-corrected chi connectivity index (χ3v) is 3.79. The van der Waals surface area contributed by atoms with Gasteiger partial charge in [0.05, 0.1) is 5.56 Å². The van der Waals surface area contributed by atoms with Gasteiger partial charge < -0.3 is 15.1 Å². The Hall–Kier alpha value is -3.15. The first-order chi connectivity index (χ1) is 11.5. The molecule has 5 nitrogen and oxygen atoms in total. The van der Waals surface area contributed by atoms with Gasteiger partial charge in [-0.1, -0.05) is 24.3 Å². The Kier molecular flexibility index (Phi) is 4.04. The van der Waals surface area contributed by atoms with Gasteiger partial charge >= 0.3 is 0 Å². The van der Waals surface area contributed by atoms with Gasteiger partial charge in [-0.25, -0.2) is 4.39 Å². The van der Waals surface area contributed by atoms with Crippen LogP contribution in [0.1, 0.15) is 26.3 Å². The van der Waals surface area contributed by atoms with Crippen molar-refractivity contribution < 1.29 is 18.4 Å². The van der Waals surface area contributed by atoms with Crippen LogP contribution in [0.25, 0.3) is 11.0 Å². The van der Waals surface area contributed by atoms with Crippen LogP contribution in [-0.4, -0.2) is 23.8 Å². The molecule has 0 radical (unpaired) electrons. The average Bonchev–Trinajstić information content (AvgIpc) is 3.00. The summed E-state index contributed by atoms with van der Waals surface area (Å²) < 4.78 is 18.8. The topological polar surface area (TPSA) is 76.5 Å². The van der Waals surface area contributed by atoms with Crippen molar-refractivity contribution in [3.8, 4) is 0 Å². The highest BCUT2D eigenvalue weighted by Crippen LogP contribution is 2.24. The van der Waals surface area contributed by atoms with Gasteiger partial charge in [0.2, 0.25) is 5.91 Å². The highest BCUT2D eigenvalue weighted by Gasteiger charge is 2.19. The molecule has 24 heavy (non-hydrogen) atoms. The fourth-order valence-corrected chi connectivity index (χ4v) is 2.51. The van der Waals surface area contributed by atoms with Crippen molar-refractivity contribution in [1.29, 1.82) is 0 Å². The predicted molar refractivity (Wildman–Crippen MR) is 86.9 cm³/mol. The lowest BCUT2D eigenvalue weighted by Gasteiger charge is -2.16. The molecule has 0 saturated carbocycles. The summed E-state index contributed by atoms with van der Waals surface area (Å²) in [6.45, 7) is 0.333. The number of nitrogens with two attached hydrogens (primary N) is 1. The van der Waals surface area contributed by atoms with E-state index in [1.54, 1.807) is 37.4 Å². The molecule has 122 valence electrons. The number of benzene rings is 2. The summed E-state index contributed by atoms with van der Waals surface area (Å²) in [5, 5.41) is 0.441. The number of para-hydroxylation sites is 1. The van der Waals surface area contributed by atoms with Gasteiger partial charge in [-0.15, -0.1) is 0 Å². The Balaban J connectivity index is 1.81. The second-order valence-corrected chi connectivity index (χ2v) is 5.49. The average molecular weight is 326 g/mol. The van der Waals surface area contributed by atoms with Crippen LogP contribution in [0.3, 0.4) is 0 Å². The molecule has 0 aliphatic heterocycles. The molecule has 2 amide bonds. The SMILES string of the molecule is CN(Cc1ccc(C(N)=O)cc1)C(=O)c1coc2c(F)cccc12. The summed E-state index contributed by atoms with van der Waals surface area (Å²) in [5.41, 5.74) is 6.82. The lowest BCUT2D eigenvalue weighted by Crippen LogP contribution is -2.26. The molecule has 0 aliphatic carbocycles. The number of carbonyl (C=O) groups is 2. The first-order valence-corrected chi connectivity index (χ1v) is 7.27. The summed E-state index contributed by atoms with van der Waals surface area (Å²) in [6, 6.07) is 11.1. The summed E-state index contributed by atoms with van der Waals surface area (Å²) >= 11 is 0. The number of rotatable bonds is 4. The largest absolute Gasteiger partial charge is 0.460 e. The van der Waals surface area contributed by atoms with Gasteiger partial charge in [-0.3, -0.25) is 9.59 Å². The first kappa shape index (κ1) is 15.7. The third-order valence-electron chi connectivity index (χ3n) is 3.79. The summed E-state index contributed by atoms with van der Waals surface area (Å²) in [6.07, 6.45) is 1.27. The highest BCUT2D eigenvalue weighted by molar-refractivity contribution is 6.05. The molecule has 0 fully saturated rings. The van der Waals surface area contributed by atoms with E-state index in [1.807, 2.05) is 0 Å². The smallest absolute Gasteiger partial charge is 0.257 e. The van der Waals surface area contributed by atoms with Crippen molar-refractivity contribution >= 4 is 22.8 Å². The van der Waals surface area contributed by atoms with Crippen molar-refractivity contribution in [2.75, 3.05) is 7.05 Å². The van der Waals surface area contributed by atoms with Crippen molar-refractivity contribution in [2.45, 2.75) is 6.54 Å². The number of furan rings is 1. The zero-order valence-electron chi connectivity index (χ0n) is 13.0. The van der Waals surface area contributed by atoms with Crippen LogP contribution in [0.15, 0.2) is 53.1 Å². The maximum Gasteiger partial charge on any atom is 0.257 e. The minimum atomic E-state index is -0.503. The van der Waals surface area contributed by atoms with Crippen LogP contribution < -0.4 is 5.73 Å². The van der Waals surface area contributed by atoms with Crippen LogP contribution in [0.2, 0.25) is 0 Å². The molecule has 0 unspecified atom stereocenters. The Morgan fingerprint density at radius 1 is 1.17 bits per heavy atom. The molecule has 3 aromatic rings. The lowest BCUT2D eigenvalue weighted by atomic mass is 10.1. The van der Waals surface area contributed by atoms with E-state index in [0.29, 0.717) is 23.1 Å². The maximum absolute atomic E-state index is 13.7. The number of halogens is 1. The second kappa shape index (κ2) is 6.16. The van der Waals surface area contributed by atoms with Crippen LogP contribution in [0.4, 0.5) is 4.39 Å². The van der Waals surface area contributed by atoms with E-state index in [0.717, 1.165) is 5.56 Å². The van der Waals surface area contributed by atoms with Gasteiger partial charge in [-0.2, -0.15) is 0 Å². The standard InChI is InChI=1S/C18H15FN2O3/c1-21(9-11-5-7-12(8-6-11)17(20)22)18(23)14-10-24-16-13(14)3-2-4-15(16)19/h2-8,10H,9H2,1H3,(H2,20,22). The Bertz CT molecular complexity index is 916. The number of hydrogen-bond donors (Lipinski definition) is 1. The molecular weight excluding hydrogens is 311 g/mol. The fourth-order valence-electron chi connectivity index (χ4n) is 2.51. The lowest BCUT2D eigenvalue weighted by molar-refractivity contribution is 0.0785. The van der Waals surface area contributed by atoms with E-state index in [4.69, 9.17) is 10.2 Å². The maximum atomic E-state index is 13.7. The Morgan fingerprint density at radius 2 is 1.88 bits per heavy atom. The molecule has 1 aromatic heterocycles. The van der Waals surface area contributed by atoms with E-state index < -0.39 is 11.7 Å². The summed E-state index contributed by atoms with van der Waals surface area (Å²) in [7, 11) is 1.64. The van der Waals surface area contributed by atoms with Crippen LogP contribution in [0, 0.1) is 5.82 Å². The molecular formula is C18H15FN2O3. The highest BCUT2D eigenvalue weighted by atomic mass is 19.1. The van der Waals surface area contributed by atoms with Crippen molar-refractivity contribution in [1.82, 2.24) is 4.90 Å². The van der Waals surface area contributed by atoms with E-state index in [1.165, 1.54) is 23.3 Å². The molecule has 2 aromatic carbocycles. The van der Waals surface area contributed by atoms with Gasteiger partial charge in [0.1, 0.15) is 6.26 Å². The van der Waals surface area contributed by atoms with E-state index in [9.17, 15) is 14.0 Å². The molecule has 0 bridgehead atoms. The monoisotopic (exact) mass is 326 g/mol. The molecule has 0 saturated heterocycles.